The highest BCUT2D eigenvalue weighted by atomic mass is 35.5. The van der Waals surface area contributed by atoms with Gasteiger partial charge in [0.2, 0.25) is 0 Å². The number of carbonyl (C=O) groups is 1. The summed E-state index contributed by atoms with van der Waals surface area (Å²) in [4.78, 5) is 10.3. The van der Waals surface area contributed by atoms with E-state index in [1.54, 1.807) is 11.2 Å². The Bertz CT molecular complexity index is 445. The third kappa shape index (κ3) is 6.24. The number of hydrogen-bond donors (Lipinski definition) is 0. The van der Waals surface area contributed by atoms with Gasteiger partial charge in [-0.2, -0.15) is 18.3 Å². The van der Waals surface area contributed by atoms with E-state index in [0.29, 0.717) is 0 Å². The summed E-state index contributed by atoms with van der Waals surface area (Å²) in [5.41, 5.74) is -1.52. The van der Waals surface area contributed by atoms with E-state index in [-0.39, 0.29) is 11.3 Å². The van der Waals surface area contributed by atoms with Crippen LogP contribution in [0.4, 0.5) is 13.2 Å². The standard InChI is InChI=1S/C8H4ClF3O.C4H10N2/c9-7-3-1-2-6(5(7)4-13)8(10,11)12;1-4-5-6(2)3/h1-4H;4H,1-3H3/b;5-4-. The first-order chi connectivity index (χ1) is 8.73. The van der Waals surface area contributed by atoms with Gasteiger partial charge in [0.15, 0.2) is 6.29 Å². The molecular weight excluding hydrogens is 281 g/mol. The molecule has 7 heteroatoms. The SMILES string of the molecule is C/C=N\N(C)C.O=Cc1c(Cl)cccc1C(F)(F)F. The molecule has 0 aliphatic rings. The van der Waals surface area contributed by atoms with E-state index in [1.165, 1.54) is 6.07 Å². The van der Waals surface area contributed by atoms with Crippen molar-refractivity contribution in [2.45, 2.75) is 13.1 Å². The number of halogens is 4. The Morgan fingerprint density at radius 2 is 1.89 bits per heavy atom. The Hall–Kier alpha value is -1.56. The number of benzene rings is 1. The van der Waals surface area contributed by atoms with Crippen LogP contribution in [0.5, 0.6) is 0 Å². The maximum Gasteiger partial charge on any atom is 0.417 e. The predicted molar refractivity (Wildman–Crippen MR) is 69.7 cm³/mol. The van der Waals surface area contributed by atoms with Crippen LogP contribution in [0, 0.1) is 0 Å². The van der Waals surface area contributed by atoms with Gasteiger partial charge in [-0.15, -0.1) is 0 Å². The van der Waals surface area contributed by atoms with E-state index in [9.17, 15) is 18.0 Å². The third-order valence-electron chi connectivity index (χ3n) is 1.82. The Labute approximate surface area is 114 Å². The van der Waals surface area contributed by atoms with Crippen LogP contribution >= 0.6 is 11.6 Å². The third-order valence-corrected chi connectivity index (χ3v) is 2.15. The fourth-order valence-corrected chi connectivity index (χ4v) is 1.35. The molecule has 106 valence electrons. The van der Waals surface area contributed by atoms with Gasteiger partial charge in [-0.3, -0.25) is 4.79 Å². The van der Waals surface area contributed by atoms with Crippen molar-refractivity contribution < 1.29 is 18.0 Å². The van der Waals surface area contributed by atoms with Crippen LogP contribution in [0.25, 0.3) is 0 Å². The van der Waals surface area contributed by atoms with Crippen LogP contribution in [-0.4, -0.2) is 31.6 Å². The van der Waals surface area contributed by atoms with Crippen molar-refractivity contribution in [3.63, 3.8) is 0 Å². The minimum atomic E-state index is -4.54. The van der Waals surface area contributed by atoms with Crippen LogP contribution < -0.4 is 0 Å². The molecule has 0 N–H and O–H groups in total. The van der Waals surface area contributed by atoms with Crippen LogP contribution in [0.3, 0.4) is 0 Å². The molecule has 1 rings (SSSR count). The quantitative estimate of drug-likeness (QED) is 0.473. The summed E-state index contributed by atoms with van der Waals surface area (Å²) in [7, 11) is 3.78. The molecule has 0 atom stereocenters. The molecular formula is C12H14ClF3N2O. The summed E-state index contributed by atoms with van der Waals surface area (Å²) < 4.78 is 36.6. The second kappa shape index (κ2) is 7.78. The highest BCUT2D eigenvalue weighted by Crippen LogP contribution is 2.33. The molecule has 3 nitrogen and oxygen atoms in total. The highest BCUT2D eigenvalue weighted by Gasteiger charge is 2.33. The topological polar surface area (TPSA) is 32.7 Å². The number of hydrazone groups is 1. The zero-order valence-electron chi connectivity index (χ0n) is 10.7. The van der Waals surface area contributed by atoms with Gasteiger partial charge < -0.3 is 5.01 Å². The first-order valence-corrected chi connectivity index (χ1v) is 5.58. The molecule has 0 saturated carbocycles. The number of alkyl halides is 3. The Balaban J connectivity index is 0.000000459. The van der Waals surface area contributed by atoms with Crippen LogP contribution in [0.2, 0.25) is 5.02 Å². The molecule has 0 heterocycles. The number of aldehydes is 1. The van der Waals surface area contributed by atoms with Gasteiger partial charge in [0.25, 0.3) is 0 Å². The molecule has 0 spiro atoms. The van der Waals surface area contributed by atoms with E-state index in [4.69, 9.17) is 11.6 Å². The lowest BCUT2D eigenvalue weighted by Crippen LogP contribution is -2.08. The van der Waals surface area contributed by atoms with Crippen molar-refractivity contribution in [1.82, 2.24) is 5.01 Å². The van der Waals surface area contributed by atoms with E-state index in [1.807, 2.05) is 21.0 Å². The predicted octanol–water partition coefficient (Wildman–Crippen LogP) is 3.73. The maximum atomic E-state index is 12.2. The van der Waals surface area contributed by atoms with Gasteiger partial charge in [-0.25, -0.2) is 0 Å². The van der Waals surface area contributed by atoms with Crippen molar-refractivity contribution in [2.24, 2.45) is 5.10 Å². The van der Waals surface area contributed by atoms with Gasteiger partial charge in [-0.05, 0) is 19.1 Å². The van der Waals surface area contributed by atoms with Crippen molar-refractivity contribution in [2.75, 3.05) is 14.1 Å². The molecule has 0 unspecified atom stereocenters. The average Bonchev–Trinajstić information content (AvgIpc) is 2.28. The number of rotatable bonds is 2. The fourth-order valence-electron chi connectivity index (χ4n) is 1.13. The van der Waals surface area contributed by atoms with Crippen LogP contribution in [-0.2, 0) is 6.18 Å². The van der Waals surface area contributed by atoms with Crippen LogP contribution in [0.15, 0.2) is 23.3 Å². The smallest absolute Gasteiger partial charge is 0.304 e. The second-order valence-corrected chi connectivity index (χ2v) is 3.94. The highest BCUT2D eigenvalue weighted by molar-refractivity contribution is 6.33. The lowest BCUT2D eigenvalue weighted by molar-refractivity contribution is -0.137. The summed E-state index contributed by atoms with van der Waals surface area (Å²) in [6.45, 7) is 1.89. The fraction of sp³-hybridized carbons (Fsp3) is 0.333. The molecule has 0 aromatic heterocycles. The lowest BCUT2D eigenvalue weighted by atomic mass is 10.1. The second-order valence-electron chi connectivity index (χ2n) is 3.54. The van der Waals surface area contributed by atoms with Crippen molar-refractivity contribution in [1.29, 1.82) is 0 Å². The summed E-state index contributed by atoms with van der Waals surface area (Å²) >= 11 is 5.40. The van der Waals surface area contributed by atoms with E-state index < -0.39 is 17.3 Å². The van der Waals surface area contributed by atoms with Crippen LogP contribution in [0.1, 0.15) is 22.8 Å². The Kier molecular flexibility index (Phi) is 7.14. The van der Waals surface area contributed by atoms with E-state index in [0.717, 1.165) is 12.1 Å². The zero-order chi connectivity index (χ0) is 15.1. The largest absolute Gasteiger partial charge is 0.417 e. The number of hydrogen-bond acceptors (Lipinski definition) is 3. The molecule has 0 fully saturated rings. The molecule has 0 radical (unpaired) electrons. The Morgan fingerprint density at radius 1 is 1.32 bits per heavy atom. The lowest BCUT2D eigenvalue weighted by Gasteiger charge is -2.09. The van der Waals surface area contributed by atoms with Crippen molar-refractivity contribution in [3.05, 3.63) is 34.3 Å². The number of carbonyl (C=O) groups excluding carboxylic acids is 1. The van der Waals surface area contributed by atoms with Gasteiger partial charge in [0, 0.05) is 25.9 Å². The van der Waals surface area contributed by atoms with E-state index in [2.05, 4.69) is 5.10 Å². The molecule has 0 amide bonds. The van der Waals surface area contributed by atoms with Gasteiger partial charge in [0.05, 0.1) is 10.6 Å². The monoisotopic (exact) mass is 294 g/mol. The van der Waals surface area contributed by atoms with E-state index >= 15 is 0 Å². The van der Waals surface area contributed by atoms with Crippen molar-refractivity contribution in [3.8, 4) is 0 Å². The molecule has 0 aliphatic carbocycles. The number of nitrogens with zero attached hydrogens (tertiary/aromatic N) is 2. The minimum Gasteiger partial charge on any atom is -0.304 e. The Morgan fingerprint density at radius 3 is 2.16 bits per heavy atom. The van der Waals surface area contributed by atoms with Crippen molar-refractivity contribution >= 4 is 24.1 Å². The molecule has 0 aliphatic heterocycles. The first-order valence-electron chi connectivity index (χ1n) is 5.20. The summed E-state index contributed by atoms with van der Waals surface area (Å²) in [5, 5.41) is 5.39. The van der Waals surface area contributed by atoms with Gasteiger partial charge >= 0.3 is 6.18 Å². The normalized spacial score (nSPS) is 10.9. The molecule has 0 saturated heterocycles. The summed E-state index contributed by atoms with van der Waals surface area (Å²) in [5.74, 6) is 0. The van der Waals surface area contributed by atoms with Gasteiger partial charge in [-0.1, -0.05) is 17.7 Å². The van der Waals surface area contributed by atoms with Gasteiger partial charge in [0.1, 0.15) is 0 Å². The minimum absolute atomic E-state index is 0.102. The first kappa shape index (κ1) is 17.4. The summed E-state index contributed by atoms with van der Waals surface area (Å²) in [6.07, 6.45) is -2.69. The molecule has 0 bridgehead atoms. The zero-order valence-corrected chi connectivity index (χ0v) is 11.5. The molecule has 1 aromatic rings. The summed E-state index contributed by atoms with van der Waals surface area (Å²) in [6, 6.07) is 3.20. The molecule has 1 aromatic carbocycles. The molecule has 19 heavy (non-hydrogen) atoms. The maximum absolute atomic E-state index is 12.2. The average molecular weight is 295 g/mol.